The van der Waals surface area contributed by atoms with E-state index >= 15 is 0 Å². The van der Waals surface area contributed by atoms with Gasteiger partial charge in [-0.25, -0.2) is 9.97 Å². The highest BCUT2D eigenvalue weighted by molar-refractivity contribution is 7.99. The van der Waals surface area contributed by atoms with E-state index in [-0.39, 0.29) is 11.7 Å². The minimum atomic E-state index is -0.0976. The Morgan fingerprint density at radius 2 is 2.14 bits per heavy atom. The van der Waals surface area contributed by atoms with Crippen LogP contribution in [0.4, 0.5) is 5.82 Å². The van der Waals surface area contributed by atoms with Gasteiger partial charge in [0.25, 0.3) is 0 Å². The summed E-state index contributed by atoms with van der Waals surface area (Å²) in [7, 11) is 1.61. The Hall–Kier alpha value is -2.28. The normalized spacial score (nSPS) is 10.3. The van der Waals surface area contributed by atoms with Gasteiger partial charge in [0.15, 0.2) is 5.16 Å². The summed E-state index contributed by atoms with van der Waals surface area (Å²) >= 11 is 1.26. The monoisotopic (exact) mass is 318 g/mol. The number of nitrogens with one attached hydrogen (secondary N) is 1. The first-order valence-corrected chi connectivity index (χ1v) is 7.69. The average molecular weight is 318 g/mol. The fraction of sp³-hybridized carbons (Fsp3) is 0.267. The number of aromatic nitrogens is 2. The molecule has 0 spiro atoms. The lowest BCUT2D eigenvalue weighted by molar-refractivity contribution is -0.118. The van der Waals surface area contributed by atoms with Crippen LogP contribution in [0.3, 0.4) is 0 Å². The summed E-state index contributed by atoms with van der Waals surface area (Å²) in [6.07, 6.45) is 0. The Morgan fingerprint density at radius 1 is 1.36 bits per heavy atom. The van der Waals surface area contributed by atoms with Crippen LogP contribution in [0.5, 0.6) is 5.75 Å². The molecule has 0 saturated carbocycles. The molecule has 1 aromatic carbocycles. The summed E-state index contributed by atoms with van der Waals surface area (Å²) in [4.78, 5) is 20.2. The molecule has 1 aromatic heterocycles. The van der Waals surface area contributed by atoms with Crippen LogP contribution in [-0.4, -0.2) is 28.7 Å². The molecule has 22 heavy (non-hydrogen) atoms. The molecule has 1 heterocycles. The SMILES string of the molecule is COc1ccccc1CNC(=O)CSc1nc(C)cc(N)n1. The summed E-state index contributed by atoms with van der Waals surface area (Å²) < 4.78 is 5.24. The number of rotatable bonds is 6. The molecule has 1 amide bonds. The number of hydrogen-bond acceptors (Lipinski definition) is 6. The molecule has 0 fully saturated rings. The number of carbonyl (C=O) groups excluding carboxylic acids is 1. The number of carbonyl (C=O) groups is 1. The summed E-state index contributed by atoms with van der Waals surface area (Å²) in [5, 5.41) is 3.35. The van der Waals surface area contributed by atoms with Crippen LogP contribution in [0.2, 0.25) is 0 Å². The van der Waals surface area contributed by atoms with Crippen LogP contribution in [0, 0.1) is 6.92 Å². The Kier molecular flexibility index (Phi) is 5.60. The number of aryl methyl sites for hydroxylation is 1. The van der Waals surface area contributed by atoms with Gasteiger partial charge in [0, 0.05) is 23.9 Å². The molecule has 0 radical (unpaired) electrons. The summed E-state index contributed by atoms with van der Waals surface area (Å²) in [5.41, 5.74) is 7.37. The molecular weight excluding hydrogens is 300 g/mol. The van der Waals surface area contributed by atoms with Gasteiger partial charge in [-0.2, -0.15) is 0 Å². The van der Waals surface area contributed by atoms with Crippen LogP contribution in [0.1, 0.15) is 11.3 Å². The predicted molar refractivity (Wildman–Crippen MR) is 86.7 cm³/mol. The second kappa shape index (κ2) is 7.65. The van der Waals surface area contributed by atoms with Crippen molar-refractivity contribution in [1.29, 1.82) is 0 Å². The lowest BCUT2D eigenvalue weighted by Crippen LogP contribution is -2.24. The van der Waals surface area contributed by atoms with Crippen molar-refractivity contribution in [2.75, 3.05) is 18.6 Å². The second-order valence-corrected chi connectivity index (χ2v) is 5.54. The standard InChI is InChI=1S/C15H18N4O2S/c1-10-7-13(16)19-15(18-10)22-9-14(20)17-8-11-5-3-4-6-12(11)21-2/h3-7H,8-9H2,1-2H3,(H,17,20)(H2,16,18,19). The number of nitrogens with two attached hydrogens (primary N) is 1. The molecule has 2 rings (SSSR count). The van der Waals surface area contributed by atoms with Gasteiger partial charge in [-0.05, 0) is 13.0 Å². The number of para-hydroxylation sites is 1. The van der Waals surface area contributed by atoms with Gasteiger partial charge in [-0.1, -0.05) is 30.0 Å². The lowest BCUT2D eigenvalue weighted by atomic mass is 10.2. The van der Waals surface area contributed by atoms with Gasteiger partial charge in [0.2, 0.25) is 5.91 Å². The molecule has 0 aliphatic rings. The van der Waals surface area contributed by atoms with Crippen molar-refractivity contribution in [1.82, 2.24) is 15.3 Å². The summed E-state index contributed by atoms with van der Waals surface area (Å²) in [5.74, 6) is 1.30. The Labute approximate surface area is 133 Å². The van der Waals surface area contributed by atoms with E-state index in [1.807, 2.05) is 31.2 Å². The number of thioether (sulfide) groups is 1. The zero-order chi connectivity index (χ0) is 15.9. The molecule has 3 N–H and O–H groups in total. The number of benzene rings is 1. The zero-order valence-corrected chi connectivity index (χ0v) is 13.3. The summed E-state index contributed by atoms with van der Waals surface area (Å²) in [6, 6.07) is 9.25. The van der Waals surface area contributed by atoms with Crippen molar-refractivity contribution in [3.8, 4) is 5.75 Å². The van der Waals surface area contributed by atoms with Gasteiger partial charge < -0.3 is 15.8 Å². The molecule has 2 aromatic rings. The summed E-state index contributed by atoms with van der Waals surface area (Å²) in [6.45, 7) is 2.25. The minimum absolute atomic E-state index is 0.0976. The zero-order valence-electron chi connectivity index (χ0n) is 12.5. The maximum absolute atomic E-state index is 11.9. The molecule has 0 aliphatic carbocycles. The number of nitrogen functional groups attached to an aromatic ring is 1. The highest BCUT2D eigenvalue weighted by atomic mass is 32.2. The van der Waals surface area contributed by atoms with E-state index in [1.165, 1.54) is 11.8 Å². The van der Waals surface area contributed by atoms with Crippen LogP contribution in [0.15, 0.2) is 35.5 Å². The first-order chi connectivity index (χ1) is 10.6. The maximum atomic E-state index is 11.9. The van der Waals surface area contributed by atoms with Crippen LogP contribution in [0.25, 0.3) is 0 Å². The number of hydrogen-bond donors (Lipinski definition) is 2. The molecule has 0 saturated heterocycles. The number of anilines is 1. The van der Waals surface area contributed by atoms with Crippen molar-refractivity contribution in [2.45, 2.75) is 18.6 Å². The van der Waals surface area contributed by atoms with E-state index in [0.29, 0.717) is 17.5 Å². The third kappa shape index (κ3) is 4.63. The van der Waals surface area contributed by atoms with E-state index in [1.54, 1.807) is 13.2 Å². The van der Waals surface area contributed by atoms with Crippen molar-refractivity contribution in [2.24, 2.45) is 0 Å². The fourth-order valence-corrected chi connectivity index (χ4v) is 2.59. The van der Waals surface area contributed by atoms with Crippen molar-refractivity contribution < 1.29 is 9.53 Å². The first-order valence-electron chi connectivity index (χ1n) is 6.71. The van der Waals surface area contributed by atoms with Crippen molar-refractivity contribution >= 4 is 23.5 Å². The molecule has 7 heteroatoms. The van der Waals surface area contributed by atoms with E-state index < -0.39 is 0 Å². The first kappa shape index (κ1) is 16.1. The van der Waals surface area contributed by atoms with Gasteiger partial charge in [0.1, 0.15) is 11.6 Å². The molecule has 0 bridgehead atoms. The molecular formula is C15H18N4O2S. The molecule has 116 valence electrons. The van der Waals surface area contributed by atoms with Crippen molar-refractivity contribution in [3.05, 3.63) is 41.6 Å². The third-order valence-electron chi connectivity index (χ3n) is 2.85. The Morgan fingerprint density at radius 3 is 2.86 bits per heavy atom. The van der Waals surface area contributed by atoms with Gasteiger partial charge in [-0.15, -0.1) is 0 Å². The second-order valence-electron chi connectivity index (χ2n) is 4.59. The highest BCUT2D eigenvalue weighted by Gasteiger charge is 2.08. The number of amides is 1. The molecule has 0 unspecified atom stereocenters. The number of methoxy groups -OCH3 is 1. The Bertz CT molecular complexity index is 643. The topological polar surface area (TPSA) is 90.1 Å². The van der Waals surface area contributed by atoms with Gasteiger partial charge in [-0.3, -0.25) is 4.79 Å². The Balaban J connectivity index is 1.85. The average Bonchev–Trinajstić information content (AvgIpc) is 2.50. The largest absolute Gasteiger partial charge is 0.496 e. The molecule has 0 atom stereocenters. The number of nitrogens with zero attached hydrogens (tertiary/aromatic N) is 2. The predicted octanol–water partition coefficient (Wildman–Crippen LogP) is 1.78. The highest BCUT2D eigenvalue weighted by Crippen LogP contribution is 2.17. The van der Waals surface area contributed by atoms with E-state index in [0.717, 1.165) is 17.0 Å². The van der Waals surface area contributed by atoms with Crippen LogP contribution >= 0.6 is 11.8 Å². The van der Waals surface area contributed by atoms with E-state index in [2.05, 4.69) is 15.3 Å². The third-order valence-corrected chi connectivity index (χ3v) is 3.70. The van der Waals surface area contributed by atoms with E-state index in [4.69, 9.17) is 10.5 Å². The molecule has 6 nitrogen and oxygen atoms in total. The lowest BCUT2D eigenvalue weighted by Gasteiger charge is -2.09. The smallest absolute Gasteiger partial charge is 0.230 e. The van der Waals surface area contributed by atoms with E-state index in [9.17, 15) is 4.79 Å². The quantitative estimate of drug-likeness (QED) is 0.623. The van der Waals surface area contributed by atoms with Crippen LogP contribution in [-0.2, 0) is 11.3 Å². The maximum Gasteiger partial charge on any atom is 0.230 e. The van der Waals surface area contributed by atoms with Crippen molar-refractivity contribution in [3.63, 3.8) is 0 Å². The number of ether oxygens (including phenoxy) is 1. The van der Waals surface area contributed by atoms with Gasteiger partial charge >= 0.3 is 0 Å². The molecule has 0 aliphatic heterocycles. The van der Waals surface area contributed by atoms with Gasteiger partial charge in [0.05, 0.1) is 12.9 Å². The fourth-order valence-electron chi connectivity index (χ4n) is 1.85. The minimum Gasteiger partial charge on any atom is -0.496 e. The van der Waals surface area contributed by atoms with Crippen LogP contribution < -0.4 is 15.8 Å².